The lowest BCUT2D eigenvalue weighted by Gasteiger charge is -2.20. The number of carbonyl (C=O) groups is 2. The predicted octanol–water partition coefficient (Wildman–Crippen LogP) is 2.32. The van der Waals surface area contributed by atoms with Gasteiger partial charge in [0.1, 0.15) is 6.04 Å². The van der Waals surface area contributed by atoms with Crippen LogP contribution in [0.2, 0.25) is 0 Å². The van der Waals surface area contributed by atoms with Crippen molar-refractivity contribution in [1.29, 1.82) is 0 Å². The lowest BCUT2D eigenvalue weighted by Crippen LogP contribution is -2.48. The summed E-state index contributed by atoms with van der Waals surface area (Å²) in [6.07, 6.45) is 1.55. The van der Waals surface area contributed by atoms with Gasteiger partial charge in [-0.2, -0.15) is 5.10 Å². The van der Waals surface area contributed by atoms with Gasteiger partial charge in [-0.25, -0.2) is 5.43 Å². The van der Waals surface area contributed by atoms with Crippen LogP contribution >= 0.6 is 0 Å². The number of nitrogens with zero attached hydrogens (tertiary/aromatic N) is 1. The van der Waals surface area contributed by atoms with E-state index in [-0.39, 0.29) is 24.5 Å². The maximum absolute atomic E-state index is 12.5. The van der Waals surface area contributed by atoms with Crippen LogP contribution in [-0.2, 0) is 4.79 Å². The van der Waals surface area contributed by atoms with Crippen molar-refractivity contribution in [1.82, 2.24) is 10.7 Å². The molecule has 3 rings (SSSR count). The number of carbonyl (C=O) groups excluding carboxylic acids is 2. The molecule has 1 aliphatic heterocycles. The number of benzene rings is 2. The van der Waals surface area contributed by atoms with Crippen LogP contribution in [0.25, 0.3) is 0 Å². The van der Waals surface area contributed by atoms with Gasteiger partial charge in [0, 0.05) is 5.56 Å². The molecule has 2 amide bonds. The minimum absolute atomic E-state index is 0.116. The molecule has 0 radical (unpaired) electrons. The fraction of sp³-hybridized carbons (Fsp3) is 0.250. The lowest BCUT2D eigenvalue weighted by molar-refractivity contribution is -0.123. The molecule has 7 nitrogen and oxygen atoms in total. The Labute approximate surface area is 157 Å². The summed E-state index contributed by atoms with van der Waals surface area (Å²) in [5.74, 6) is 0.246. The average Bonchev–Trinajstić information content (AvgIpc) is 3.14. The monoisotopic (exact) mass is 367 g/mol. The third kappa shape index (κ3) is 4.63. The van der Waals surface area contributed by atoms with Crippen LogP contribution in [0.5, 0.6) is 11.5 Å². The van der Waals surface area contributed by atoms with Crippen LogP contribution in [-0.4, -0.2) is 30.9 Å². The second-order valence-electron chi connectivity index (χ2n) is 6.41. The van der Waals surface area contributed by atoms with Crippen LogP contribution in [0.4, 0.5) is 0 Å². The molecule has 27 heavy (non-hydrogen) atoms. The first-order chi connectivity index (χ1) is 13.0. The topological polar surface area (TPSA) is 89.0 Å². The van der Waals surface area contributed by atoms with E-state index in [4.69, 9.17) is 9.47 Å². The summed E-state index contributed by atoms with van der Waals surface area (Å²) in [5, 5.41) is 6.71. The summed E-state index contributed by atoms with van der Waals surface area (Å²) in [7, 11) is 0. The molecular formula is C20H21N3O4. The van der Waals surface area contributed by atoms with E-state index < -0.39 is 6.04 Å². The quantitative estimate of drug-likeness (QED) is 0.606. The standard InChI is InChI=1S/C20H21N3O4/c1-13(2)18(20(25)23-21-11-14-6-4-3-5-7-14)22-19(24)15-8-9-16-17(10-15)27-12-26-16/h3-11,13,18H,12H2,1-2H3,(H,22,24)(H,23,25)/b21-11-. The van der Waals surface area contributed by atoms with Crippen LogP contribution in [0.15, 0.2) is 53.6 Å². The molecule has 1 aliphatic rings. The average molecular weight is 367 g/mol. The molecule has 0 spiro atoms. The summed E-state index contributed by atoms with van der Waals surface area (Å²) in [6, 6.07) is 13.6. The highest BCUT2D eigenvalue weighted by molar-refractivity contribution is 5.98. The van der Waals surface area contributed by atoms with Gasteiger partial charge in [0.25, 0.3) is 11.8 Å². The molecule has 2 aromatic rings. The minimum atomic E-state index is -0.726. The highest BCUT2D eigenvalue weighted by atomic mass is 16.7. The molecule has 1 atom stereocenters. The number of nitrogens with one attached hydrogen (secondary N) is 2. The lowest BCUT2D eigenvalue weighted by atomic mass is 10.0. The molecule has 2 aromatic carbocycles. The van der Waals surface area contributed by atoms with Gasteiger partial charge in [-0.1, -0.05) is 44.2 Å². The maximum Gasteiger partial charge on any atom is 0.262 e. The minimum Gasteiger partial charge on any atom is -0.454 e. The third-order valence-electron chi connectivity index (χ3n) is 4.06. The molecule has 1 unspecified atom stereocenters. The van der Waals surface area contributed by atoms with Crippen LogP contribution in [0.3, 0.4) is 0 Å². The number of fused-ring (bicyclic) bond motifs is 1. The SMILES string of the molecule is CC(C)C(NC(=O)c1ccc2c(c1)OCO2)C(=O)N/N=C\c1ccccc1. The van der Waals surface area contributed by atoms with E-state index in [2.05, 4.69) is 15.8 Å². The van der Waals surface area contributed by atoms with E-state index in [1.807, 2.05) is 44.2 Å². The van der Waals surface area contributed by atoms with Gasteiger partial charge in [-0.05, 0) is 29.7 Å². The fourth-order valence-electron chi connectivity index (χ4n) is 2.58. The Morgan fingerprint density at radius 2 is 1.81 bits per heavy atom. The van der Waals surface area contributed by atoms with E-state index in [0.717, 1.165) is 5.56 Å². The van der Waals surface area contributed by atoms with Crippen molar-refractivity contribution in [2.45, 2.75) is 19.9 Å². The Morgan fingerprint density at radius 1 is 1.07 bits per heavy atom. The van der Waals surface area contributed by atoms with Crippen LogP contribution < -0.4 is 20.2 Å². The van der Waals surface area contributed by atoms with Gasteiger partial charge in [-0.3, -0.25) is 9.59 Å². The van der Waals surface area contributed by atoms with E-state index >= 15 is 0 Å². The van der Waals surface area contributed by atoms with E-state index in [9.17, 15) is 9.59 Å². The Balaban J connectivity index is 1.63. The van der Waals surface area contributed by atoms with Gasteiger partial charge >= 0.3 is 0 Å². The number of rotatable bonds is 6. The first-order valence-electron chi connectivity index (χ1n) is 8.63. The van der Waals surface area contributed by atoms with Crippen molar-refractivity contribution in [3.63, 3.8) is 0 Å². The molecule has 0 aromatic heterocycles. The largest absolute Gasteiger partial charge is 0.454 e. The number of hydrogen-bond acceptors (Lipinski definition) is 5. The number of hydrazone groups is 1. The van der Waals surface area contributed by atoms with Crippen LogP contribution in [0, 0.1) is 5.92 Å². The second kappa shape index (κ2) is 8.35. The van der Waals surface area contributed by atoms with Crippen molar-refractivity contribution in [2.75, 3.05) is 6.79 Å². The summed E-state index contributed by atoms with van der Waals surface area (Å²) in [5.41, 5.74) is 3.74. The smallest absolute Gasteiger partial charge is 0.262 e. The molecule has 1 heterocycles. The highest BCUT2D eigenvalue weighted by Gasteiger charge is 2.25. The van der Waals surface area contributed by atoms with Gasteiger partial charge < -0.3 is 14.8 Å². The zero-order valence-electron chi connectivity index (χ0n) is 15.1. The van der Waals surface area contributed by atoms with E-state index in [1.54, 1.807) is 24.4 Å². The molecule has 0 aliphatic carbocycles. The zero-order chi connectivity index (χ0) is 19.2. The van der Waals surface area contributed by atoms with Gasteiger partial charge in [-0.15, -0.1) is 0 Å². The summed E-state index contributed by atoms with van der Waals surface area (Å²) >= 11 is 0. The Kier molecular flexibility index (Phi) is 5.71. The van der Waals surface area contributed by atoms with E-state index in [1.165, 1.54) is 0 Å². The van der Waals surface area contributed by atoms with Crippen molar-refractivity contribution >= 4 is 18.0 Å². The first kappa shape index (κ1) is 18.4. The van der Waals surface area contributed by atoms with E-state index in [0.29, 0.717) is 17.1 Å². The molecular weight excluding hydrogens is 346 g/mol. The predicted molar refractivity (Wildman–Crippen MR) is 101 cm³/mol. The molecule has 0 bridgehead atoms. The Bertz CT molecular complexity index is 850. The van der Waals surface area contributed by atoms with Crippen molar-refractivity contribution < 1.29 is 19.1 Å². The molecule has 2 N–H and O–H groups in total. The van der Waals surface area contributed by atoms with Crippen LogP contribution in [0.1, 0.15) is 29.8 Å². The molecule has 140 valence electrons. The molecule has 0 fully saturated rings. The molecule has 0 saturated heterocycles. The van der Waals surface area contributed by atoms with Gasteiger partial charge in [0.15, 0.2) is 11.5 Å². The summed E-state index contributed by atoms with van der Waals surface area (Å²) in [4.78, 5) is 25.0. The third-order valence-corrected chi connectivity index (χ3v) is 4.06. The maximum atomic E-state index is 12.5. The number of hydrogen-bond donors (Lipinski definition) is 2. The fourth-order valence-corrected chi connectivity index (χ4v) is 2.58. The van der Waals surface area contributed by atoms with Gasteiger partial charge in [0.2, 0.25) is 6.79 Å². The second-order valence-corrected chi connectivity index (χ2v) is 6.41. The van der Waals surface area contributed by atoms with Crippen molar-refractivity contribution in [3.8, 4) is 11.5 Å². The highest BCUT2D eigenvalue weighted by Crippen LogP contribution is 2.32. The molecule has 7 heteroatoms. The normalized spacial score (nSPS) is 13.6. The Morgan fingerprint density at radius 3 is 2.56 bits per heavy atom. The number of ether oxygens (including phenoxy) is 2. The summed E-state index contributed by atoms with van der Waals surface area (Å²) < 4.78 is 10.5. The number of amides is 2. The van der Waals surface area contributed by atoms with Gasteiger partial charge in [0.05, 0.1) is 6.21 Å². The Hall–Kier alpha value is -3.35. The van der Waals surface area contributed by atoms with Crippen molar-refractivity contribution in [3.05, 3.63) is 59.7 Å². The van der Waals surface area contributed by atoms with Crippen molar-refractivity contribution in [2.24, 2.45) is 11.0 Å². The summed E-state index contributed by atoms with van der Waals surface area (Å²) in [6.45, 7) is 3.84. The zero-order valence-corrected chi connectivity index (χ0v) is 15.1. The first-order valence-corrected chi connectivity index (χ1v) is 8.63. The molecule has 0 saturated carbocycles.